The van der Waals surface area contributed by atoms with Gasteiger partial charge in [0.2, 0.25) is 0 Å². The quantitative estimate of drug-likeness (QED) is 0.185. The molecule has 2 nitrogen and oxygen atoms in total. The summed E-state index contributed by atoms with van der Waals surface area (Å²) in [4.78, 5) is 0. The van der Waals surface area contributed by atoms with Gasteiger partial charge in [-0.3, -0.25) is 0 Å². The molecule has 0 aliphatic heterocycles. The van der Waals surface area contributed by atoms with Gasteiger partial charge in [0.15, 0.2) is 0 Å². The second kappa shape index (κ2) is 19.8. The van der Waals surface area contributed by atoms with Crippen molar-refractivity contribution in [1.82, 2.24) is 0 Å². The van der Waals surface area contributed by atoms with Crippen LogP contribution in [0.5, 0.6) is 11.5 Å². The van der Waals surface area contributed by atoms with Crippen LogP contribution in [-0.4, -0.2) is 13.2 Å². The van der Waals surface area contributed by atoms with Crippen molar-refractivity contribution < 1.29 is 9.47 Å². The van der Waals surface area contributed by atoms with Crippen molar-refractivity contribution in [2.75, 3.05) is 13.2 Å². The SMILES string of the molecule is CCCCCCCCCOc1cc(CCCC)cc(OCCCCCCCCC)c1. The molecule has 30 heavy (non-hydrogen) atoms. The van der Waals surface area contributed by atoms with Crippen molar-refractivity contribution in [3.05, 3.63) is 23.8 Å². The zero-order chi connectivity index (χ0) is 21.7. The second-order valence-electron chi connectivity index (χ2n) is 8.86. The smallest absolute Gasteiger partial charge is 0.123 e. The summed E-state index contributed by atoms with van der Waals surface area (Å²) in [6.07, 6.45) is 22.0. The molecule has 1 aromatic carbocycles. The highest BCUT2D eigenvalue weighted by atomic mass is 16.5. The Kier molecular flexibility index (Phi) is 17.7. The van der Waals surface area contributed by atoms with Gasteiger partial charge in [0, 0.05) is 6.07 Å². The number of unbranched alkanes of at least 4 members (excludes halogenated alkanes) is 13. The molecule has 0 aliphatic carbocycles. The van der Waals surface area contributed by atoms with Gasteiger partial charge in [-0.25, -0.2) is 0 Å². The molecule has 0 fully saturated rings. The van der Waals surface area contributed by atoms with Crippen LogP contribution in [0.2, 0.25) is 0 Å². The van der Waals surface area contributed by atoms with Gasteiger partial charge in [0.25, 0.3) is 0 Å². The number of hydrogen-bond acceptors (Lipinski definition) is 2. The molecular weight excluding hydrogens is 368 g/mol. The van der Waals surface area contributed by atoms with Crippen LogP contribution in [0.1, 0.15) is 129 Å². The highest BCUT2D eigenvalue weighted by molar-refractivity contribution is 5.38. The molecular formula is C28H50O2. The Bertz CT molecular complexity index is 459. The maximum atomic E-state index is 6.10. The average Bonchev–Trinajstić information content (AvgIpc) is 2.76. The molecule has 0 saturated carbocycles. The van der Waals surface area contributed by atoms with E-state index in [-0.39, 0.29) is 0 Å². The van der Waals surface area contributed by atoms with Crippen LogP contribution in [-0.2, 0) is 6.42 Å². The number of hydrogen-bond donors (Lipinski definition) is 0. The van der Waals surface area contributed by atoms with Crippen molar-refractivity contribution in [3.8, 4) is 11.5 Å². The van der Waals surface area contributed by atoms with Crippen LogP contribution in [0, 0.1) is 0 Å². The molecule has 0 spiro atoms. The molecule has 0 aromatic heterocycles. The number of benzene rings is 1. The Labute approximate surface area is 188 Å². The topological polar surface area (TPSA) is 18.5 Å². The van der Waals surface area contributed by atoms with Crippen LogP contribution in [0.3, 0.4) is 0 Å². The predicted molar refractivity (Wildman–Crippen MR) is 132 cm³/mol. The van der Waals surface area contributed by atoms with Gasteiger partial charge >= 0.3 is 0 Å². The van der Waals surface area contributed by atoms with Gasteiger partial charge in [-0.15, -0.1) is 0 Å². The Hall–Kier alpha value is -1.18. The van der Waals surface area contributed by atoms with Gasteiger partial charge in [0.1, 0.15) is 11.5 Å². The van der Waals surface area contributed by atoms with E-state index in [9.17, 15) is 0 Å². The zero-order valence-corrected chi connectivity index (χ0v) is 20.5. The molecule has 0 amide bonds. The minimum atomic E-state index is 0.822. The van der Waals surface area contributed by atoms with Gasteiger partial charge in [0.05, 0.1) is 13.2 Å². The maximum absolute atomic E-state index is 6.10. The van der Waals surface area contributed by atoms with E-state index in [0.717, 1.165) is 44.0 Å². The number of aryl methyl sites for hydroxylation is 1. The number of rotatable bonds is 21. The van der Waals surface area contributed by atoms with E-state index in [0.29, 0.717) is 0 Å². The van der Waals surface area contributed by atoms with Crippen LogP contribution in [0.4, 0.5) is 0 Å². The Morgan fingerprint density at radius 2 is 0.867 bits per heavy atom. The lowest BCUT2D eigenvalue weighted by Crippen LogP contribution is -2.01. The second-order valence-corrected chi connectivity index (χ2v) is 8.86. The standard InChI is InChI=1S/C28H50O2/c1-4-7-10-12-14-16-18-21-29-27-23-26(20-9-6-3)24-28(25-27)30-22-19-17-15-13-11-8-5-2/h23-25H,4-22H2,1-3H3. The Balaban J connectivity index is 2.34. The first kappa shape index (κ1) is 26.9. The minimum absolute atomic E-state index is 0.822. The molecule has 0 radical (unpaired) electrons. The average molecular weight is 419 g/mol. The fourth-order valence-electron chi connectivity index (χ4n) is 3.82. The molecule has 1 aromatic rings. The fourth-order valence-corrected chi connectivity index (χ4v) is 3.82. The largest absolute Gasteiger partial charge is 0.493 e. The van der Waals surface area contributed by atoms with Crippen LogP contribution in [0.15, 0.2) is 18.2 Å². The number of ether oxygens (including phenoxy) is 2. The lowest BCUT2D eigenvalue weighted by atomic mass is 10.1. The first-order chi connectivity index (χ1) is 14.8. The van der Waals surface area contributed by atoms with E-state index >= 15 is 0 Å². The van der Waals surface area contributed by atoms with Crippen LogP contribution < -0.4 is 9.47 Å². The molecule has 0 atom stereocenters. The summed E-state index contributed by atoms with van der Waals surface area (Å²) in [6.45, 7) is 8.44. The zero-order valence-electron chi connectivity index (χ0n) is 20.5. The van der Waals surface area contributed by atoms with E-state index < -0.39 is 0 Å². The summed E-state index contributed by atoms with van der Waals surface area (Å²) in [5, 5.41) is 0. The van der Waals surface area contributed by atoms with Gasteiger partial charge in [-0.2, -0.15) is 0 Å². The lowest BCUT2D eigenvalue weighted by molar-refractivity contribution is 0.289. The van der Waals surface area contributed by atoms with E-state index in [1.165, 1.54) is 95.5 Å². The third-order valence-electron chi connectivity index (χ3n) is 5.79. The molecule has 1 rings (SSSR count). The predicted octanol–water partition coefficient (Wildman–Crippen LogP) is 9.29. The van der Waals surface area contributed by atoms with Crippen molar-refractivity contribution in [2.45, 2.75) is 130 Å². The summed E-state index contributed by atoms with van der Waals surface area (Å²) in [5.74, 6) is 1.98. The van der Waals surface area contributed by atoms with Crippen molar-refractivity contribution in [3.63, 3.8) is 0 Å². The van der Waals surface area contributed by atoms with Crippen molar-refractivity contribution >= 4 is 0 Å². The monoisotopic (exact) mass is 418 g/mol. The molecule has 174 valence electrons. The first-order valence-corrected chi connectivity index (χ1v) is 13.2. The normalized spacial score (nSPS) is 11.0. The van der Waals surface area contributed by atoms with E-state index in [4.69, 9.17) is 9.47 Å². The summed E-state index contributed by atoms with van der Waals surface area (Å²) >= 11 is 0. The Morgan fingerprint density at radius 1 is 0.467 bits per heavy atom. The molecule has 0 heterocycles. The highest BCUT2D eigenvalue weighted by Gasteiger charge is 2.04. The van der Waals surface area contributed by atoms with Crippen LogP contribution in [0.25, 0.3) is 0 Å². The molecule has 0 unspecified atom stereocenters. The van der Waals surface area contributed by atoms with Gasteiger partial charge in [-0.1, -0.05) is 104 Å². The van der Waals surface area contributed by atoms with Crippen LogP contribution >= 0.6 is 0 Å². The third-order valence-corrected chi connectivity index (χ3v) is 5.79. The van der Waals surface area contributed by atoms with E-state index in [1.807, 2.05) is 0 Å². The van der Waals surface area contributed by atoms with Gasteiger partial charge in [-0.05, 0) is 43.4 Å². The highest BCUT2D eigenvalue weighted by Crippen LogP contribution is 2.25. The molecule has 0 aliphatic rings. The maximum Gasteiger partial charge on any atom is 0.123 e. The molecule has 0 saturated heterocycles. The molecule has 2 heteroatoms. The lowest BCUT2D eigenvalue weighted by Gasteiger charge is -2.13. The third kappa shape index (κ3) is 14.7. The molecule has 0 N–H and O–H groups in total. The van der Waals surface area contributed by atoms with E-state index in [1.54, 1.807) is 0 Å². The minimum Gasteiger partial charge on any atom is -0.493 e. The van der Waals surface area contributed by atoms with Gasteiger partial charge < -0.3 is 9.47 Å². The van der Waals surface area contributed by atoms with Crippen molar-refractivity contribution in [1.29, 1.82) is 0 Å². The fraction of sp³-hybridized carbons (Fsp3) is 0.786. The summed E-state index contributed by atoms with van der Waals surface area (Å²) in [6, 6.07) is 6.53. The van der Waals surface area contributed by atoms with Crippen molar-refractivity contribution in [2.24, 2.45) is 0 Å². The molecule has 0 bridgehead atoms. The first-order valence-electron chi connectivity index (χ1n) is 13.2. The Morgan fingerprint density at radius 3 is 1.30 bits per heavy atom. The van der Waals surface area contributed by atoms with E-state index in [2.05, 4.69) is 39.0 Å². The summed E-state index contributed by atoms with van der Waals surface area (Å²) < 4.78 is 12.2. The summed E-state index contributed by atoms with van der Waals surface area (Å²) in [5.41, 5.74) is 1.35. The summed E-state index contributed by atoms with van der Waals surface area (Å²) in [7, 11) is 0.